The summed E-state index contributed by atoms with van der Waals surface area (Å²) in [6, 6.07) is 7.35. The number of oxazole rings is 1. The number of fused-ring (bicyclic) bond motifs is 1. The third-order valence-electron chi connectivity index (χ3n) is 3.07. The van der Waals surface area contributed by atoms with Crippen LogP contribution in [-0.4, -0.2) is 4.98 Å². The van der Waals surface area contributed by atoms with E-state index in [1.807, 2.05) is 19.1 Å². The van der Waals surface area contributed by atoms with Crippen LogP contribution in [0.2, 0.25) is 5.02 Å². The van der Waals surface area contributed by atoms with Gasteiger partial charge < -0.3 is 10.2 Å². The number of nitrogen functional groups attached to an aromatic ring is 1. The summed E-state index contributed by atoms with van der Waals surface area (Å²) in [5.74, 6) is 0.540. The van der Waals surface area contributed by atoms with E-state index in [0.29, 0.717) is 27.7 Å². The second-order valence-electron chi connectivity index (χ2n) is 4.37. The smallest absolute Gasteiger partial charge is 0.227 e. The molecule has 3 rings (SSSR count). The molecule has 0 fully saturated rings. The first-order valence-electron chi connectivity index (χ1n) is 5.78. The van der Waals surface area contributed by atoms with Gasteiger partial charge in [0, 0.05) is 20.6 Å². The van der Waals surface area contributed by atoms with Gasteiger partial charge in [-0.2, -0.15) is 0 Å². The standard InChI is InChI=1S/C14H9Br2ClN2O/c1-6-9(15)11(18)10(16)12-13(6)20-14(19-12)7-2-4-8(17)5-3-7/h2-5H,18H2,1H3. The van der Waals surface area contributed by atoms with Gasteiger partial charge in [0.15, 0.2) is 5.58 Å². The molecule has 3 nitrogen and oxygen atoms in total. The van der Waals surface area contributed by atoms with Crippen molar-refractivity contribution in [1.29, 1.82) is 0 Å². The summed E-state index contributed by atoms with van der Waals surface area (Å²) in [5.41, 5.74) is 9.86. The first kappa shape index (κ1) is 13.9. The van der Waals surface area contributed by atoms with Crippen LogP contribution in [-0.2, 0) is 0 Å². The highest BCUT2D eigenvalue weighted by Crippen LogP contribution is 2.40. The van der Waals surface area contributed by atoms with Gasteiger partial charge in [0.25, 0.3) is 0 Å². The zero-order valence-corrected chi connectivity index (χ0v) is 14.3. The number of aryl methyl sites for hydroxylation is 1. The zero-order chi connectivity index (χ0) is 14.4. The van der Waals surface area contributed by atoms with E-state index in [0.717, 1.165) is 20.1 Å². The minimum Gasteiger partial charge on any atom is -0.436 e. The van der Waals surface area contributed by atoms with Gasteiger partial charge in [0.1, 0.15) is 5.52 Å². The van der Waals surface area contributed by atoms with Gasteiger partial charge in [0.2, 0.25) is 5.89 Å². The highest BCUT2D eigenvalue weighted by molar-refractivity contribution is 9.11. The maximum Gasteiger partial charge on any atom is 0.227 e. The van der Waals surface area contributed by atoms with Crippen LogP contribution in [0.5, 0.6) is 0 Å². The van der Waals surface area contributed by atoms with Crippen molar-refractivity contribution in [3.8, 4) is 11.5 Å². The summed E-state index contributed by atoms with van der Waals surface area (Å²) < 4.78 is 7.42. The molecule has 0 atom stereocenters. The Morgan fingerprint density at radius 2 is 1.80 bits per heavy atom. The lowest BCUT2D eigenvalue weighted by Crippen LogP contribution is -1.92. The van der Waals surface area contributed by atoms with Gasteiger partial charge in [0.05, 0.1) is 10.2 Å². The van der Waals surface area contributed by atoms with Crippen LogP contribution in [0.3, 0.4) is 0 Å². The van der Waals surface area contributed by atoms with E-state index in [-0.39, 0.29) is 0 Å². The SMILES string of the molecule is Cc1c(Br)c(N)c(Br)c2nc(-c3ccc(Cl)cc3)oc12. The molecule has 2 N–H and O–H groups in total. The molecule has 0 saturated heterocycles. The fourth-order valence-electron chi connectivity index (χ4n) is 1.96. The normalized spacial score (nSPS) is 11.2. The van der Waals surface area contributed by atoms with Crippen molar-refractivity contribution in [2.45, 2.75) is 6.92 Å². The number of anilines is 1. The molecule has 0 aliphatic carbocycles. The van der Waals surface area contributed by atoms with E-state index in [4.69, 9.17) is 21.8 Å². The molecule has 0 aliphatic heterocycles. The Bertz CT molecular complexity index is 767. The van der Waals surface area contributed by atoms with Crippen LogP contribution in [0.25, 0.3) is 22.6 Å². The van der Waals surface area contributed by atoms with Crippen LogP contribution in [0.1, 0.15) is 5.56 Å². The number of hydrogen-bond donors (Lipinski definition) is 1. The minimum atomic E-state index is 0.540. The largest absolute Gasteiger partial charge is 0.436 e. The maximum atomic E-state index is 6.02. The Labute approximate surface area is 137 Å². The number of benzene rings is 2. The Morgan fingerprint density at radius 1 is 1.15 bits per heavy atom. The Balaban J connectivity index is 2.28. The summed E-state index contributed by atoms with van der Waals surface area (Å²) in [4.78, 5) is 4.52. The second kappa shape index (κ2) is 5.06. The molecule has 6 heteroatoms. The predicted molar refractivity (Wildman–Crippen MR) is 89.0 cm³/mol. The van der Waals surface area contributed by atoms with Crippen molar-refractivity contribution in [3.63, 3.8) is 0 Å². The molecule has 1 heterocycles. The van der Waals surface area contributed by atoms with Crippen LogP contribution in [0, 0.1) is 6.92 Å². The molecule has 3 aromatic rings. The first-order valence-corrected chi connectivity index (χ1v) is 7.75. The average Bonchev–Trinajstić information content (AvgIpc) is 2.89. The third kappa shape index (κ3) is 2.14. The fraction of sp³-hybridized carbons (Fsp3) is 0.0714. The van der Waals surface area contributed by atoms with Crippen molar-refractivity contribution >= 4 is 60.2 Å². The van der Waals surface area contributed by atoms with Crippen molar-refractivity contribution < 1.29 is 4.42 Å². The van der Waals surface area contributed by atoms with Crippen LogP contribution >= 0.6 is 43.5 Å². The van der Waals surface area contributed by atoms with Crippen LogP contribution in [0.15, 0.2) is 37.6 Å². The summed E-state index contributed by atoms with van der Waals surface area (Å²) in [7, 11) is 0. The van der Waals surface area contributed by atoms with E-state index in [9.17, 15) is 0 Å². The number of aromatic nitrogens is 1. The molecule has 2 aromatic carbocycles. The van der Waals surface area contributed by atoms with E-state index in [1.54, 1.807) is 12.1 Å². The summed E-state index contributed by atoms with van der Waals surface area (Å²) >= 11 is 12.8. The first-order chi connectivity index (χ1) is 9.49. The van der Waals surface area contributed by atoms with Gasteiger partial charge in [-0.3, -0.25) is 0 Å². The molecule has 0 amide bonds. The molecule has 0 bridgehead atoms. The van der Waals surface area contributed by atoms with Gasteiger partial charge in [-0.05, 0) is 63.0 Å². The Morgan fingerprint density at radius 3 is 2.45 bits per heavy atom. The summed E-state index contributed by atoms with van der Waals surface area (Å²) in [5, 5.41) is 0.675. The van der Waals surface area contributed by atoms with Crippen molar-refractivity contribution in [3.05, 3.63) is 43.8 Å². The average molecular weight is 417 g/mol. The quantitative estimate of drug-likeness (QED) is 0.528. The number of nitrogens with zero attached hydrogens (tertiary/aromatic N) is 1. The van der Waals surface area contributed by atoms with E-state index in [1.165, 1.54) is 0 Å². The minimum absolute atomic E-state index is 0.540. The predicted octanol–water partition coefficient (Wildman–Crippen LogP) is 5.56. The van der Waals surface area contributed by atoms with E-state index >= 15 is 0 Å². The topological polar surface area (TPSA) is 52.0 Å². The lowest BCUT2D eigenvalue weighted by Gasteiger charge is -2.05. The monoisotopic (exact) mass is 414 g/mol. The van der Waals surface area contributed by atoms with Gasteiger partial charge in [-0.25, -0.2) is 4.98 Å². The maximum absolute atomic E-state index is 6.02. The number of rotatable bonds is 1. The van der Waals surface area contributed by atoms with E-state index < -0.39 is 0 Å². The number of nitrogens with two attached hydrogens (primary N) is 1. The highest BCUT2D eigenvalue weighted by atomic mass is 79.9. The molecule has 0 aliphatic rings. The highest BCUT2D eigenvalue weighted by Gasteiger charge is 2.18. The van der Waals surface area contributed by atoms with Crippen molar-refractivity contribution in [1.82, 2.24) is 4.98 Å². The number of halogens is 3. The lowest BCUT2D eigenvalue weighted by atomic mass is 10.2. The Hall–Kier alpha value is -1.04. The fourth-order valence-corrected chi connectivity index (χ4v) is 3.20. The molecule has 0 radical (unpaired) electrons. The molecule has 0 unspecified atom stereocenters. The van der Waals surface area contributed by atoms with Crippen molar-refractivity contribution in [2.75, 3.05) is 5.73 Å². The zero-order valence-electron chi connectivity index (χ0n) is 10.4. The van der Waals surface area contributed by atoms with Gasteiger partial charge in [-0.15, -0.1) is 0 Å². The molecule has 1 aromatic heterocycles. The van der Waals surface area contributed by atoms with Gasteiger partial charge in [-0.1, -0.05) is 11.6 Å². The lowest BCUT2D eigenvalue weighted by molar-refractivity contribution is 0.617. The molecule has 20 heavy (non-hydrogen) atoms. The Kier molecular flexibility index (Phi) is 3.52. The van der Waals surface area contributed by atoms with Gasteiger partial charge >= 0.3 is 0 Å². The van der Waals surface area contributed by atoms with Crippen LogP contribution in [0.4, 0.5) is 5.69 Å². The molecule has 102 valence electrons. The molecule has 0 spiro atoms. The van der Waals surface area contributed by atoms with Crippen molar-refractivity contribution in [2.24, 2.45) is 0 Å². The molecule has 0 saturated carbocycles. The molecular weight excluding hydrogens is 407 g/mol. The molecular formula is C14H9Br2ClN2O. The van der Waals surface area contributed by atoms with Crippen LogP contribution < -0.4 is 5.73 Å². The summed E-state index contributed by atoms with van der Waals surface area (Å²) in [6.45, 7) is 1.94. The second-order valence-corrected chi connectivity index (χ2v) is 6.39. The van der Waals surface area contributed by atoms with E-state index in [2.05, 4.69) is 36.8 Å². The summed E-state index contributed by atoms with van der Waals surface area (Å²) in [6.07, 6.45) is 0. The third-order valence-corrected chi connectivity index (χ3v) is 5.15. The number of hydrogen-bond acceptors (Lipinski definition) is 3.